The van der Waals surface area contributed by atoms with Crippen LogP contribution in [0.25, 0.3) is 0 Å². The van der Waals surface area contributed by atoms with Gasteiger partial charge >= 0.3 is 0 Å². The lowest BCUT2D eigenvalue weighted by atomic mass is 10.1. The quantitative estimate of drug-likeness (QED) is 0.865. The van der Waals surface area contributed by atoms with Crippen LogP contribution < -0.4 is 5.32 Å². The molecule has 0 radical (unpaired) electrons. The third kappa shape index (κ3) is 6.39. The second-order valence-corrected chi connectivity index (χ2v) is 6.14. The van der Waals surface area contributed by atoms with Crippen LogP contribution in [0.15, 0.2) is 0 Å². The van der Waals surface area contributed by atoms with Gasteiger partial charge in [0.25, 0.3) is 5.91 Å². The summed E-state index contributed by atoms with van der Waals surface area (Å²) in [4.78, 5) is 19.4. The molecule has 1 aromatic rings. The van der Waals surface area contributed by atoms with Crippen LogP contribution in [0.1, 0.15) is 34.2 Å². The molecule has 0 fully saturated rings. The van der Waals surface area contributed by atoms with Gasteiger partial charge in [0.05, 0.1) is 10.7 Å². The number of hydrogen-bond acceptors (Lipinski definition) is 4. The molecule has 0 saturated heterocycles. The molecular formula is C13H25Cl2N3OS. The molecule has 0 spiro atoms. The molecule has 20 heavy (non-hydrogen) atoms. The lowest BCUT2D eigenvalue weighted by molar-refractivity contribution is 0.0800. The third-order valence-corrected chi connectivity index (χ3v) is 3.65. The molecule has 0 bridgehead atoms. The molecule has 0 aliphatic rings. The minimum Gasteiger partial charge on any atom is -0.340 e. The van der Waals surface area contributed by atoms with Crippen molar-refractivity contribution in [1.29, 1.82) is 0 Å². The van der Waals surface area contributed by atoms with Gasteiger partial charge in [-0.05, 0) is 26.3 Å². The minimum atomic E-state index is 0. The molecule has 1 heterocycles. The predicted octanol–water partition coefficient (Wildman–Crippen LogP) is 2.79. The molecule has 118 valence electrons. The molecular weight excluding hydrogens is 317 g/mol. The molecule has 0 saturated carbocycles. The average Bonchev–Trinajstić information content (AvgIpc) is 2.65. The predicted molar refractivity (Wildman–Crippen MR) is 90.8 cm³/mol. The monoisotopic (exact) mass is 341 g/mol. The van der Waals surface area contributed by atoms with Crippen molar-refractivity contribution in [2.75, 3.05) is 27.2 Å². The largest absolute Gasteiger partial charge is 0.340 e. The standard InChI is InChI=1S/C13H23N3OS.2ClH/c1-9(2)8-11-12(18-10(3)15-11)13(17)16(5)7-6-14-4;;/h9,14H,6-8H2,1-5H3;2*1H. The van der Waals surface area contributed by atoms with Gasteiger partial charge in [-0.2, -0.15) is 0 Å². The Bertz CT molecular complexity index is 410. The topological polar surface area (TPSA) is 45.2 Å². The number of amides is 1. The van der Waals surface area contributed by atoms with Gasteiger partial charge in [-0.1, -0.05) is 13.8 Å². The van der Waals surface area contributed by atoms with Gasteiger partial charge in [0.2, 0.25) is 0 Å². The Kier molecular flexibility index (Phi) is 11.4. The maximum atomic E-state index is 12.3. The van der Waals surface area contributed by atoms with E-state index in [1.165, 1.54) is 11.3 Å². The van der Waals surface area contributed by atoms with Gasteiger partial charge in [-0.3, -0.25) is 4.79 Å². The van der Waals surface area contributed by atoms with E-state index < -0.39 is 0 Å². The van der Waals surface area contributed by atoms with Crippen molar-refractivity contribution >= 4 is 42.1 Å². The van der Waals surface area contributed by atoms with Crippen molar-refractivity contribution in [2.24, 2.45) is 5.92 Å². The highest BCUT2D eigenvalue weighted by atomic mass is 35.5. The first kappa shape index (κ1) is 21.9. The second-order valence-electron chi connectivity index (χ2n) is 4.94. The van der Waals surface area contributed by atoms with E-state index in [1.54, 1.807) is 4.90 Å². The van der Waals surface area contributed by atoms with Crippen molar-refractivity contribution in [1.82, 2.24) is 15.2 Å². The highest BCUT2D eigenvalue weighted by Crippen LogP contribution is 2.22. The lowest BCUT2D eigenvalue weighted by Gasteiger charge is -2.16. The van der Waals surface area contributed by atoms with E-state index in [2.05, 4.69) is 24.1 Å². The van der Waals surface area contributed by atoms with Crippen LogP contribution in [0.5, 0.6) is 0 Å². The first-order chi connectivity index (χ1) is 8.45. The molecule has 4 nitrogen and oxygen atoms in total. The molecule has 0 unspecified atom stereocenters. The van der Waals surface area contributed by atoms with Crippen LogP contribution >= 0.6 is 36.2 Å². The Morgan fingerprint density at radius 2 is 2.00 bits per heavy atom. The summed E-state index contributed by atoms with van der Waals surface area (Å²) < 4.78 is 0. The Labute approximate surface area is 138 Å². The van der Waals surface area contributed by atoms with E-state index in [4.69, 9.17) is 0 Å². The van der Waals surface area contributed by atoms with Crippen LogP contribution in [-0.4, -0.2) is 43.0 Å². The number of nitrogens with zero attached hydrogens (tertiary/aromatic N) is 2. The molecule has 0 atom stereocenters. The van der Waals surface area contributed by atoms with E-state index in [9.17, 15) is 4.79 Å². The average molecular weight is 342 g/mol. The summed E-state index contributed by atoms with van der Waals surface area (Å²) in [5, 5.41) is 4.02. The van der Waals surface area contributed by atoms with Crippen molar-refractivity contribution in [3.63, 3.8) is 0 Å². The summed E-state index contributed by atoms with van der Waals surface area (Å²) in [6.07, 6.45) is 0.866. The molecule has 1 aromatic heterocycles. The van der Waals surface area contributed by atoms with Crippen LogP contribution in [-0.2, 0) is 6.42 Å². The SMILES string of the molecule is CNCCN(C)C(=O)c1sc(C)nc1CC(C)C.Cl.Cl. The molecule has 0 aliphatic heterocycles. The normalized spacial score (nSPS) is 9.90. The van der Waals surface area contributed by atoms with Crippen LogP contribution in [0, 0.1) is 12.8 Å². The zero-order valence-corrected chi connectivity index (χ0v) is 15.2. The molecule has 1 N–H and O–H groups in total. The van der Waals surface area contributed by atoms with Crippen LogP contribution in [0.2, 0.25) is 0 Å². The Morgan fingerprint density at radius 3 is 2.50 bits per heavy atom. The highest BCUT2D eigenvalue weighted by molar-refractivity contribution is 7.13. The van der Waals surface area contributed by atoms with Crippen molar-refractivity contribution in [3.05, 3.63) is 15.6 Å². The number of aromatic nitrogens is 1. The van der Waals surface area contributed by atoms with Crippen molar-refractivity contribution in [3.8, 4) is 0 Å². The zero-order chi connectivity index (χ0) is 13.7. The fourth-order valence-corrected chi connectivity index (χ4v) is 2.66. The molecule has 1 amide bonds. The number of likely N-dealkylation sites (N-methyl/N-ethyl adjacent to an activating group) is 2. The van der Waals surface area contributed by atoms with E-state index in [-0.39, 0.29) is 30.7 Å². The van der Waals surface area contributed by atoms with Crippen LogP contribution in [0.3, 0.4) is 0 Å². The summed E-state index contributed by atoms with van der Waals surface area (Å²) in [5.74, 6) is 0.604. The van der Waals surface area contributed by atoms with Crippen molar-refractivity contribution < 1.29 is 4.79 Å². The Hall–Kier alpha value is -0.360. The van der Waals surface area contributed by atoms with E-state index in [1.807, 2.05) is 21.0 Å². The summed E-state index contributed by atoms with van der Waals surface area (Å²) in [6.45, 7) is 7.77. The summed E-state index contributed by atoms with van der Waals surface area (Å²) in [6, 6.07) is 0. The first-order valence-electron chi connectivity index (χ1n) is 6.32. The maximum absolute atomic E-state index is 12.3. The van der Waals surface area contributed by atoms with E-state index in [0.717, 1.165) is 28.5 Å². The van der Waals surface area contributed by atoms with Crippen molar-refractivity contribution in [2.45, 2.75) is 27.2 Å². The Morgan fingerprint density at radius 1 is 1.40 bits per heavy atom. The number of carbonyl (C=O) groups is 1. The van der Waals surface area contributed by atoms with E-state index in [0.29, 0.717) is 12.5 Å². The summed E-state index contributed by atoms with van der Waals surface area (Å²) in [7, 11) is 3.73. The maximum Gasteiger partial charge on any atom is 0.265 e. The van der Waals surface area contributed by atoms with Gasteiger partial charge in [0, 0.05) is 20.1 Å². The number of halogens is 2. The van der Waals surface area contributed by atoms with Gasteiger partial charge in [0.1, 0.15) is 4.88 Å². The molecule has 1 rings (SSSR count). The van der Waals surface area contributed by atoms with Gasteiger partial charge < -0.3 is 10.2 Å². The smallest absolute Gasteiger partial charge is 0.265 e. The van der Waals surface area contributed by atoms with Gasteiger partial charge in [-0.15, -0.1) is 36.2 Å². The third-order valence-electron chi connectivity index (χ3n) is 2.64. The zero-order valence-electron chi connectivity index (χ0n) is 12.7. The summed E-state index contributed by atoms with van der Waals surface area (Å²) in [5.41, 5.74) is 0.953. The number of aryl methyl sites for hydroxylation is 1. The molecule has 0 aromatic carbocycles. The molecule has 7 heteroatoms. The number of hydrogen-bond donors (Lipinski definition) is 1. The molecule has 0 aliphatic carbocycles. The number of thiazole rings is 1. The first-order valence-corrected chi connectivity index (χ1v) is 7.13. The summed E-state index contributed by atoms with van der Waals surface area (Å²) >= 11 is 1.50. The Balaban J connectivity index is 0. The lowest BCUT2D eigenvalue weighted by Crippen LogP contribution is -2.32. The highest BCUT2D eigenvalue weighted by Gasteiger charge is 2.20. The van der Waals surface area contributed by atoms with Gasteiger partial charge in [0.15, 0.2) is 0 Å². The number of carbonyl (C=O) groups excluding carboxylic acids is 1. The van der Waals surface area contributed by atoms with Crippen LogP contribution in [0.4, 0.5) is 0 Å². The minimum absolute atomic E-state index is 0. The fourth-order valence-electron chi connectivity index (χ4n) is 1.72. The van der Waals surface area contributed by atoms with E-state index >= 15 is 0 Å². The number of rotatable bonds is 6. The van der Waals surface area contributed by atoms with Gasteiger partial charge in [-0.25, -0.2) is 4.98 Å². The fraction of sp³-hybridized carbons (Fsp3) is 0.692. The second kappa shape index (κ2) is 10.4. The number of nitrogens with one attached hydrogen (secondary N) is 1.